The van der Waals surface area contributed by atoms with Crippen molar-refractivity contribution < 1.29 is 24.4 Å². The molecule has 1 aliphatic rings. The quantitative estimate of drug-likeness (QED) is 0.398. The van der Waals surface area contributed by atoms with Crippen LogP contribution in [-0.4, -0.2) is 48.9 Å². The molecule has 1 saturated carbocycles. The molecular formula is C12H22N2O6Si. The highest BCUT2D eigenvalue weighted by Crippen LogP contribution is 2.37. The maximum atomic E-state index is 11.5. The van der Waals surface area contributed by atoms with Gasteiger partial charge in [-0.05, 0) is 12.5 Å². The first-order valence-electron chi connectivity index (χ1n) is 6.90. The molecule has 1 fully saturated rings. The molecule has 120 valence electrons. The molecule has 2 N–H and O–H groups in total. The van der Waals surface area contributed by atoms with Gasteiger partial charge in [0.05, 0.1) is 6.61 Å². The number of hydrogen-bond donors (Lipinski definition) is 2. The molecule has 0 aliphatic heterocycles. The number of ether oxygens (including phenoxy) is 1. The number of carboxylic acid groups (broad SMARTS) is 1. The van der Waals surface area contributed by atoms with Gasteiger partial charge in [0, 0.05) is 25.3 Å². The van der Waals surface area contributed by atoms with Crippen LogP contribution in [0, 0.1) is 16.0 Å². The minimum Gasteiger partial charge on any atom is -0.480 e. The number of rotatable bonds is 8. The number of nitrogens with zero attached hydrogens (tertiary/aromatic N) is 1. The Morgan fingerprint density at radius 2 is 2.10 bits per heavy atom. The van der Waals surface area contributed by atoms with E-state index in [9.17, 15) is 19.7 Å². The van der Waals surface area contributed by atoms with E-state index >= 15 is 0 Å². The fraction of sp³-hybridized carbons (Fsp3) is 0.833. The van der Waals surface area contributed by atoms with Gasteiger partial charge in [-0.1, -0.05) is 19.6 Å². The van der Waals surface area contributed by atoms with Crippen LogP contribution in [0.5, 0.6) is 0 Å². The first kappa shape index (κ1) is 17.4. The van der Waals surface area contributed by atoms with Gasteiger partial charge in [0.2, 0.25) is 6.04 Å². The molecule has 0 saturated heterocycles. The van der Waals surface area contributed by atoms with Crippen LogP contribution < -0.4 is 5.32 Å². The summed E-state index contributed by atoms with van der Waals surface area (Å²) in [4.78, 5) is 32.7. The molecule has 1 rings (SSSR count). The zero-order chi connectivity index (χ0) is 16.2. The first-order chi connectivity index (χ1) is 9.60. The summed E-state index contributed by atoms with van der Waals surface area (Å²) in [6.07, 6.45) is -0.355. The van der Waals surface area contributed by atoms with Crippen molar-refractivity contribution in [3.63, 3.8) is 0 Å². The molecule has 21 heavy (non-hydrogen) atoms. The number of nitro groups is 1. The van der Waals surface area contributed by atoms with Gasteiger partial charge in [-0.2, -0.15) is 0 Å². The van der Waals surface area contributed by atoms with Gasteiger partial charge in [0.15, 0.2) is 0 Å². The fourth-order valence-corrected chi connectivity index (χ4v) is 2.62. The highest BCUT2D eigenvalue weighted by atomic mass is 28.3. The van der Waals surface area contributed by atoms with Gasteiger partial charge >= 0.3 is 12.1 Å². The highest BCUT2D eigenvalue weighted by molar-refractivity contribution is 6.76. The lowest BCUT2D eigenvalue weighted by Crippen LogP contribution is -2.42. The van der Waals surface area contributed by atoms with Gasteiger partial charge in [0.1, 0.15) is 6.04 Å². The standard InChI is InChI=1S/C12H22N2O6Si/c1-21(2,3)5-4-20-12(17)13-9(11(15)16)6-8-7-10(8)14(18)19/h8-10H,4-7H2,1-3H3,(H,13,17)(H,15,16)/t8-,9+,10-/m1/s1. The molecule has 0 unspecified atom stereocenters. The molecule has 9 heteroatoms. The third kappa shape index (κ3) is 6.56. The molecule has 0 bridgehead atoms. The zero-order valence-electron chi connectivity index (χ0n) is 12.5. The molecule has 0 spiro atoms. The number of carbonyl (C=O) groups is 2. The van der Waals surface area contributed by atoms with E-state index in [-0.39, 0.29) is 18.9 Å². The number of hydrogen-bond acceptors (Lipinski definition) is 5. The van der Waals surface area contributed by atoms with Crippen LogP contribution in [0.4, 0.5) is 4.79 Å². The van der Waals surface area contributed by atoms with Crippen molar-refractivity contribution >= 4 is 20.1 Å². The number of aliphatic carboxylic acids is 1. The number of carboxylic acids is 1. The van der Waals surface area contributed by atoms with E-state index in [1.54, 1.807) is 0 Å². The monoisotopic (exact) mass is 318 g/mol. The molecule has 3 atom stereocenters. The van der Waals surface area contributed by atoms with Crippen LogP contribution in [0.2, 0.25) is 25.7 Å². The lowest BCUT2D eigenvalue weighted by molar-refractivity contribution is -0.498. The van der Waals surface area contributed by atoms with Gasteiger partial charge in [-0.3, -0.25) is 10.1 Å². The molecule has 0 aromatic heterocycles. The predicted molar refractivity (Wildman–Crippen MR) is 77.6 cm³/mol. The Kier molecular flexibility index (Phi) is 5.70. The van der Waals surface area contributed by atoms with Crippen LogP contribution in [0.25, 0.3) is 0 Å². The van der Waals surface area contributed by atoms with Crippen LogP contribution >= 0.6 is 0 Å². The second kappa shape index (κ2) is 6.88. The van der Waals surface area contributed by atoms with Crippen LogP contribution in [-0.2, 0) is 9.53 Å². The highest BCUT2D eigenvalue weighted by Gasteiger charge is 2.49. The lowest BCUT2D eigenvalue weighted by atomic mass is 10.1. The zero-order valence-corrected chi connectivity index (χ0v) is 13.5. The maximum Gasteiger partial charge on any atom is 0.407 e. The third-order valence-electron chi connectivity index (χ3n) is 3.37. The molecule has 1 amide bonds. The minimum absolute atomic E-state index is 0.0596. The molecule has 0 aromatic rings. The van der Waals surface area contributed by atoms with E-state index in [1.165, 1.54) is 0 Å². The Morgan fingerprint density at radius 3 is 2.52 bits per heavy atom. The maximum absolute atomic E-state index is 11.5. The SMILES string of the molecule is C[Si](C)(C)CCOC(=O)N[C@@H](C[C@@H]1C[C@H]1[N+](=O)[O-])C(=O)O. The van der Waals surface area contributed by atoms with Gasteiger partial charge in [0.25, 0.3) is 0 Å². The van der Waals surface area contributed by atoms with Crippen molar-refractivity contribution in [3.05, 3.63) is 10.1 Å². The Bertz CT molecular complexity index is 422. The number of carbonyl (C=O) groups excluding carboxylic acids is 1. The third-order valence-corrected chi connectivity index (χ3v) is 5.07. The van der Waals surface area contributed by atoms with Crippen molar-refractivity contribution in [3.8, 4) is 0 Å². The van der Waals surface area contributed by atoms with E-state index in [0.29, 0.717) is 6.42 Å². The topological polar surface area (TPSA) is 119 Å². The summed E-state index contributed by atoms with van der Waals surface area (Å²) < 4.78 is 4.96. The Labute approximate surface area is 124 Å². The van der Waals surface area contributed by atoms with E-state index in [1.807, 2.05) is 0 Å². The van der Waals surface area contributed by atoms with Crippen molar-refractivity contribution in [1.29, 1.82) is 0 Å². The summed E-state index contributed by atoms with van der Waals surface area (Å²) >= 11 is 0. The molecule has 0 heterocycles. The Balaban J connectivity index is 2.35. The van der Waals surface area contributed by atoms with E-state index in [4.69, 9.17) is 9.84 Å². The van der Waals surface area contributed by atoms with Crippen molar-refractivity contribution in [2.75, 3.05) is 6.61 Å². The normalized spacial score (nSPS) is 22.2. The van der Waals surface area contributed by atoms with Crippen molar-refractivity contribution in [2.24, 2.45) is 5.92 Å². The summed E-state index contributed by atoms with van der Waals surface area (Å²) in [6, 6.07) is -1.03. The van der Waals surface area contributed by atoms with E-state index in [0.717, 1.165) is 6.04 Å². The van der Waals surface area contributed by atoms with Crippen LogP contribution in [0.1, 0.15) is 12.8 Å². The van der Waals surface area contributed by atoms with Gasteiger partial charge < -0.3 is 15.2 Å². The summed E-state index contributed by atoms with van der Waals surface area (Å²) in [5, 5.41) is 21.8. The summed E-state index contributed by atoms with van der Waals surface area (Å²) in [6.45, 7) is 6.67. The van der Waals surface area contributed by atoms with Gasteiger partial charge in [-0.25, -0.2) is 9.59 Å². The smallest absolute Gasteiger partial charge is 0.407 e. The average Bonchev–Trinajstić information content (AvgIpc) is 3.05. The lowest BCUT2D eigenvalue weighted by Gasteiger charge is -2.17. The van der Waals surface area contributed by atoms with Gasteiger partial charge in [-0.15, -0.1) is 0 Å². The molecule has 1 aliphatic carbocycles. The molecule has 0 aromatic carbocycles. The van der Waals surface area contributed by atoms with Crippen LogP contribution in [0.15, 0.2) is 0 Å². The second-order valence-corrected chi connectivity index (χ2v) is 12.2. The average molecular weight is 318 g/mol. The predicted octanol–water partition coefficient (Wildman–Crippen LogP) is 1.56. The first-order valence-corrected chi connectivity index (χ1v) is 10.6. The molecular weight excluding hydrogens is 296 g/mol. The number of amides is 1. The second-order valence-electron chi connectivity index (χ2n) is 6.57. The van der Waals surface area contributed by atoms with E-state index in [2.05, 4.69) is 25.0 Å². The molecule has 0 radical (unpaired) electrons. The van der Waals surface area contributed by atoms with Crippen LogP contribution in [0.3, 0.4) is 0 Å². The van der Waals surface area contributed by atoms with E-state index < -0.39 is 37.1 Å². The Hall–Kier alpha value is -1.64. The summed E-state index contributed by atoms with van der Waals surface area (Å²) in [7, 11) is -1.32. The summed E-state index contributed by atoms with van der Waals surface area (Å²) in [5.41, 5.74) is 0. The van der Waals surface area contributed by atoms with Crippen molar-refractivity contribution in [1.82, 2.24) is 5.32 Å². The number of alkyl carbamates (subject to hydrolysis) is 1. The number of nitrogens with one attached hydrogen (secondary N) is 1. The molecule has 8 nitrogen and oxygen atoms in total. The Morgan fingerprint density at radius 1 is 1.48 bits per heavy atom. The summed E-state index contributed by atoms with van der Waals surface area (Å²) in [5.74, 6) is -1.49. The van der Waals surface area contributed by atoms with Crippen molar-refractivity contribution in [2.45, 2.75) is 50.6 Å². The fourth-order valence-electron chi connectivity index (χ4n) is 1.90. The minimum atomic E-state index is -1.32. The largest absolute Gasteiger partial charge is 0.480 e.